The highest BCUT2D eigenvalue weighted by Gasteiger charge is 2.05. The van der Waals surface area contributed by atoms with Gasteiger partial charge in [-0.25, -0.2) is 0 Å². The van der Waals surface area contributed by atoms with Crippen molar-refractivity contribution >= 4 is 29.3 Å². The summed E-state index contributed by atoms with van der Waals surface area (Å²) in [6, 6.07) is 12.5. The number of hydrogen-bond donors (Lipinski definition) is 1. The molecule has 3 aromatic rings. The van der Waals surface area contributed by atoms with E-state index in [4.69, 9.17) is 4.74 Å². The van der Waals surface area contributed by atoms with E-state index in [1.807, 2.05) is 0 Å². The molecular formula is C20H15F2NO4S. The molecule has 2 aromatic carbocycles. The molecule has 0 saturated carbocycles. The van der Waals surface area contributed by atoms with Crippen LogP contribution in [-0.4, -0.2) is 24.5 Å². The lowest BCUT2D eigenvalue weighted by atomic mass is 10.1. The largest absolute Gasteiger partial charge is 0.497 e. The monoisotopic (exact) mass is 403 g/mol. The molecule has 8 heteroatoms. The summed E-state index contributed by atoms with van der Waals surface area (Å²) in [5, 5.41) is 0. The second-order valence-electron chi connectivity index (χ2n) is 5.61. The lowest BCUT2D eigenvalue weighted by Crippen LogP contribution is -2.20. The average molecular weight is 403 g/mol. The van der Waals surface area contributed by atoms with Crippen molar-refractivity contribution in [2.24, 2.45) is 0 Å². The SMILES string of the molecule is COc1ccc(C(=O)/C=c2\[nH]c(=O)/c(=C\c3ccc(OC(F)F)cc3)s2)cc1. The summed E-state index contributed by atoms with van der Waals surface area (Å²) in [7, 11) is 1.54. The Morgan fingerprint density at radius 2 is 1.71 bits per heavy atom. The van der Waals surface area contributed by atoms with Gasteiger partial charge in [-0.3, -0.25) is 9.59 Å². The predicted octanol–water partition coefficient (Wildman–Crippen LogP) is 2.54. The van der Waals surface area contributed by atoms with E-state index >= 15 is 0 Å². The summed E-state index contributed by atoms with van der Waals surface area (Å²) >= 11 is 1.12. The van der Waals surface area contributed by atoms with E-state index in [0.29, 0.717) is 26.1 Å². The Balaban J connectivity index is 1.85. The minimum atomic E-state index is -2.89. The summed E-state index contributed by atoms with van der Waals surface area (Å²) < 4.78 is 34.5. The normalized spacial score (nSPS) is 12.4. The number of benzene rings is 2. The van der Waals surface area contributed by atoms with Gasteiger partial charge in [-0.2, -0.15) is 8.78 Å². The Morgan fingerprint density at radius 3 is 2.32 bits per heavy atom. The van der Waals surface area contributed by atoms with Gasteiger partial charge < -0.3 is 14.5 Å². The van der Waals surface area contributed by atoms with Crippen molar-refractivity contribution in [3.63, 3.8) is 0 Å². The molecule has 0 radical (unpaired) electrons. The summed E-state index contributed by atoms with van der Waals surface area (Å²) in [6.07, 6.45) is 2.95. The van der Waals surface area contributed by atoms with E-state index < -0.39 is 6.61 Å². The first-order valence-electron chi connectivity index (χ1n) is 8.10. The fourth-order valence-corrected chi connectivity index (χ4v) is 3.26. The number of methoxy groups -OCH3 is 1. The molecule has 5 nitrogen and oxygen atoms in total. The first kappa shape index (κ1) is 19.5. The minimum absolute atomic E-state index is 0.0337. The number of carbonyl (C=O) groups is 1. The Morgan fingerprint density at radius 1 is 1.07 bits per heavy atom. The van der Waals surface area contributed by atoms with Crippen LogP contribution in [-0.2, 0) is 0 Å². The van der Waals surface area contributed by atoms with E-state index in [1.54, 1.807) is 42.5 Å². The van der Waals surface area contributed by atoms with E-state index in [-0.39, 0.29) is 17.1 Å². The van der Waals surface area contributed by atoms with E-state index in [2.05, 4.69) is 9.72 Å². The molecule has 144 valence electrons. The Labute approximate surface area is 162 Å². The first-order chi connectivity index (χ1) is 13.4. The van der Waals surface area contributed by atoms with Crippen LogP contribution in [0.25, 0.3) is 12.2 Å². The number of ether oxygens (including phenoxy) is 2. The zero-order chi connectivity index (χ0) is 20.1. The number of nitrogens with one attached hydrogen (secondary N) is 1. The first-order valence-corrected chi connectivity index (χ1v) is 8.92. The number of hydrogen-bond acceptors (Lipinski definition) is 5. The number of Topliss-reactive ketones (excluding diaryl/α,β-unsaturated/α-hetero) is 1. The molecule has 1 heterocycles. The van der Waals surface area contributed by atoms with Crippen LogP contribution in [0.1, 0.15) is 15.9 Å². The van der Waals surface area contributed by atoms with Gasteiger partial charge in [0.05, 0.1) is 16.3 Å². The number of halogens is 2. The molecule has 0 unspecified atom stereocenters. The van der Waals surface area contributed by atoms with Gasteiger partial charge in [-0.15, -0.1) is 11.3 Å². The third-order valence-electron chi connectivity index (χ3n) is 3.72. The van der Waals surface area contributed by atoms with Gasteiger partial charge in [0.15, 0.2) is 5.78 Å². The molecule has 0 amide bonds. The van der Waals surface area contributed by atoms with Crippen LogP contribution in [0.4, 0.5) is 8.78 Å². The predicted molar refractivity (Wildman–Crippen MR) is 103 cm³/mol. The smallest absolute Gasteiger partial charge is 0.387 e. The molecule has 1 aromatic heterocycles. The molecule has 0 aliphatic carbocycles. The van der Waals surface area contributed by atoms with Crippen molar-refractivity contribution in [1.29, 1.82) is 0 Å². The average Bonchev–Trinajstić information content (AvgIpc) is 3.01. The van der Waals surface area contributed by atoms with Gasteiger partial charge in [0, 0.05) is 11.6 Å². The van der Waals surface area contributed by atoms with Crippen molar-refractivity contribution in [2.45, 2.75) is 6.61 Å². The molecule has 0 fully saturated rings. The summed E-state index contributed by atoms with van der Waals surface area (Å²) in [5.41, 5.74) is 0.767. The molecule has 0 bridgehead atoms. The van der Waals surface area contributed by atoms with Crippen LogP contribution in [0.5, 0.6) is 11.5 Å². The zero-order valence-corrected chi connectivity index (χ0v) is 15.5. The highest BCUT2D eigenvalue weighted by atomic mass is 32.1. The van der Waals surface area contributed by atoms with Crippen LogP contribution >= 0.6 is 11.3 Å². The maximum absolute atomic E-state index is 12.3. The van der Waals surface area contributed by atoms with Crippen LogP contribution in [0, 0.1) is 0 Å². The molecule has 0 atom stereocenters. The van der Waals surface area contributed by atoms with Crippen molar-refractivity contribution < 1.29 is 23.0 Å². The quantitative estimate of drug-likeness (QED) is 0.643. The van der Waals surface area contributed by atoms with Crippen LogP contribution in [0.2, 0.25) is 0 Å². The zero-order valence-electron chi connectivity index (χ0n) is 14.6. The van der Waals surface area contributed by atoms with Gasteiger partial charge >= 0.3 is 6.61 Å². The molecule has 0 aliphatic heterocycles. The fraction of sp³-hybridized carbons (Fsp3) is 0.100. The maximum atomic E-state index is 12.3. The van der Waals surface area contributed by atoms with E-state index in [9.17, 15) is 18.4 Å². The number of alkyl halides is 2. The minimum Gasteiger partial charge on any atom is -0.497 e. The highest BCUT2D eigenvalue weighted by Crippen LogP contribution is 2.15. The Bertz CT molecular complexity index is 1130. The van der Waals surface area contributed by atoms with Crippen LogP contribution in [0.15, 0.2) is 53.3 Å². The lowest BCUT2D eigenvalue weighted by Gasteiger charge is -2.03. The number of rotatable bonds is 6. The third kappa shape index (κ3) is 4.92. The number of thiazole rings is 1. The number of aromatic nitrogens is 1. The topological polar surface area (TPSA) is 68.4 Å². The van der Waals surface area contributed by atoms with Gasteiger partial charge in [0.2, 0.25) is 0 Å². The number of carbonyl (C=O) groups excluding carboxylic acids is 1. The van der Waals surface area contributed by atoms with Crippen molar-refractivity contribution in [1.82, 2.24) is 4.98 Å². The summed E-state index contributed by atoms with van der Waals surface area (Å²) in [5.74, 6) is 0.425. The molecule has 0 spiro atoms. The van der Waals surface area contributed by atoms with E-state index in [0.717, 1.165) is 11.3 Å². The summed E-state index contributed by atoms with van der Waals surface area (Å²) in [6.45, 7) is -2.89. The van der Waals surface area contributed by atoms with Gasteiger partial charge in [-0.05, 0) is 48.0 Å². The Hall–Kier alpha value is -3.26. The Kier molecular flexibility index (Phi) is 6.00. The summed E-state index contributed by atoms with van der Waals surface area (Å²) in [4.78, 5) is 27.1. The van der Waals surface area contributed by atoms with Crippen molar-refractivity contribution in [3.8, 4) is 11.5 Å². The number of ketones is 1. The highest BCUT2D eigenvalue weighted by molar-refractivity contribution is 7.07. The van der Waals surface area contributed by atoms with E-state index in [1.165, 1.54) is 25.3 Å². The maximum Gasteiger partial charge on any atom is 0.387 e. The second-order valence-corrected chi connectivity index (χ2v) is 6.70. The molecule has 0 aliphatic rings. The lowest BCUT2D eigenvalue weighted by molar-refractivity contribution is -0.0498. The second kappa shape index (κ2) is 8.62. The van der Waals surface area contributed by atoms with Crippen LogP contribution in [0.3, 0.4) is 0 Å². The third-order valence-corrected chi connectivity index (χ3v) is 4.68. The van der Waals surface area contributed by atoms with Gasteiger partial charge in [-0.1, -0.05) is 12.1 Å². The van der Waals surface area contributed by atoms with Crippen molar-refractivity contribution in [2.75, 3.05) is 7.11 Å². The van der Waals surface area contributed by atoms with Crippen molar-refractivity contribution in [3.05, 3.63) is 79.2 Å². The van der Waals surface area contributed by atoms with Gasteiger partial charge in [0.25, 0.3) is 5.56 Å². The number of H-pyrrole nitrogens is 1. The molecule has 1 N–H and O–H groups in total. The molecule has 3 rings (SSSR count). The molecule has 28 heavy (non-hydrogen) atoms. The molecular weight excluding hydrogens is 388 g/mol. The molecule has 0 saturated heterocycles. The van der Waals surface area contributed by atoms with Gasteiger partial charge in [0.1, 0.15) is 11.5 Å². The fourth-order valence-electron chi connectivity index (χ4n) is 2.38. The number of aromatic amines is 1. The van der Waals surface area contributed by atoms with Crippen LogP contribution < -0.4 is 24.2 Å². The standard InChI is InChI=1S/C20H15F2NO4S/c1-26-14-8-4-13(5-9-14)16(24)11-18-23-19(25)17(28-18)10-12-2-6-15(7-3-12)27-20(21)22/h2-11,20H,1H3,(H,23,25)/b17-10+,18-11+.